The van der Waals surface area contributed by atoms with Crippen molar-refractivity contribution in [2.75, 3.05) is 20.6 Å². The van der Waals surface area contributed by atoms with Crippen molar-refractivity contribution in [1.82, 2.24) is 25.1 Å². The molecular formula is C17H27IN6O2S. The number of nitrogens with one attached hydrogen (secondary N) is 3. The molecule has 0 aliphatic heterocycles. The molecule has 0 saturated heterocycles. The number of benzene rings is 1. The lowest BCUT2D eigenvalue weighted by atomic mass is 10.1. The number of halogens is 1. The third-order valence-corrected chi connectivity index (χ3v) is 5.13. The molecule has 0 aliphatic carbocycles. The second-order valence-corrected chi connectivity index (χ2v) is 7.68. The van der Waals surface area contributed by atoms with E-state index in [4.69, 9.17) is 0 Å². The first-order valence-corrected chi connectivity index (χ1v) is 10.1. The Hall–Kier alpha value is -1.66. The average molecular weight is 506 g/mol. The van der Waals surface area contributed by atoms with Crippen LogP contribution in [0.2, 0.25) is 0 Å². The molecule has 3 N–H and O–H groups in total. The maximum Gasteiger partial charge on any atom is 0.215 e. The quantitative estimate of drug-likeness (QED) is 0.206. The third kappa shape index (κ3) is 8.71. The van der Waals surface area contributed by atoms with Gasteiger partial charge < -0.3 is 10.6 Å². The molecule has 8 nitrogen and oxygen atoms in total. The fourth-order valence-electron chi connectivity index (χ4n) is 2.33. The molecule has 10 heteroatoms. The van der Waals surface area contributed by atoms with E-state index in [2.05, 4.69) is 25.4 Å². The largest absolute Gasteiger partial charge is 0.356 e. The first-order chi connectivity index (χ1) is 12.5. The van der Waals surface area contributed by atoms with Gasteiger partial charge in [-0.3, -0.25) is 9.67 Å². The smallest absolute Gasteiger partial charge is 0.215 e. The zero-order valence-corrected chi connectivity index (χ0v) is 18.7. The van der Waals surface area contributed by atoms with Crippen LogP contribution in [0.15, 0.2) is 47.7 Å². The Morgan fingerprint density at radius 1 is 1.19 bits per heavy atom. The molecule has 0 fully saturated rings. The summed E-state index contributed by atoms with van der Waals surface area (Å²) in [6, 6.07) is 9.39. The maximum absolute atomic E-state index is 11.6. The van der Waals surface area contributed by atoms with Gasteiger partial charge in [-0.2, -0.15) is 5.10 Å². The van der Waals surface area contributed by atoms with Gasteiger partial charge >= 0.3 is 0 Å². The molecule has 0 amide bonds. The van der Waals surface area contributed by atoms with Gasteiger partial charge in [0, 0.05) is 39.1 Å². The van der Waals surface area contributed by atoms with Gasteiger partial charge in [0.2, 0.25) is 10.0 Å². The first kappa shape index (κ1) is 23.4. The van der Waals surface area contributed by atoms with Crippen LogP contribution in [0, 0.1) is 0 Å². The lowest BCUT2D eigenvalue weighted by Gasteiger charge is -2.12. The fourth-order valence-corrected chi connectivity index (χ4v) is 3.11. The van der Waals surface area contributed by atoms with E-state index in [9.17, 15) is 8.42 Å². The van der Waals surface area contributed by atoms with Crippen molar-refractivity contribution in [2.45, 2.75) is 25.3 Å². The summed E-state index contributed by atoms with van der Waals surface area (Å²) in [5.41, 5.74) is 1.80. The van der Waals surface area contributed by atoms with Crippen molar-refractivity contribution in [3.05, 3.63) is 53.9 Å². The van der Waals surface area contributed by atoms with Crippen LogP contribution in [-0.2, 0) is 28.9 Å². The minimum Gasteiger partial charge on any atom is -0.356 e. The number of sulfonamides is 1. The molecule has 27 heavy (non-hydrogen) atoms. The second-order valence-electron chi connectivity index (χ2n) is 5.75. The molecule has 2 aromatic rings. The highest BCUT2D eigenvalue weighted by molar-refractivity contribution is 14.0. The topological polar surface area (TPSA) is 100 Å². The summed E-state index contributed by atoms with van der Waals surface area (Å²) >= 11 is 0. The monoisotopic (exact) mass is 506 g/mol. The summed E-state index contributed by atoms with van der Waals surface area (Å²) in [4.78, 5) is 4.20. The number of aromatic nitrogens is 2. The molecule has 1 aromatic carbocycles. The second kappa shape index (κ2) is 11.9. The number of hydrogen-bond donors (Lipinski definition) is 3. The van der Waals surface area contributed by atoms with E-state index in [-0.39, 0.29) is 29.7 Å². The summed E-state index contributed by atoms with van der Waals surface area (Å²) in [5, 5.41) is 10.7. The van der Waals surface area contributed by atoms with Crippen LogP contribution in [0.3, 0.4) is 0 Å². The van der Waals surface area contributed by atoms with Crippen LogP contribution in [-0.4, -0.2) is 44.8 Å². The summed E-state index contributed by atoms with van der Waals surface area (Å²) in [6.45, 7) is 2.26. The number of rotatable bonds is 9. The van der Waals surface area contributed by atoms with E-state index in [0.29, 0.717) is 6.54 Å². The number of guanidine groups is 1. The van der Waals surface area contributed by atoms with Crippen LogP contribution in [0.25, 0.3) is 0 Å². The van der Waals surface area contributed by atoms with Gasteiger partial charge in [0.05, 0.1) is 5.75 Å². The molecule has 0 spiro atoms. The predicted molar refractivity (Wildman–Crippen MR) is 119 cm³/mol. The Balaban J connectivity index is 0.00000364. The predicted octanol–water partition coefficient (Wildman–Crippen LogP) is 1.31. The minimum atomic E-state index is -3.25. The van der Waals surface area contributed by atoms with Crippen LogP contribution in [0.1, 0.15) is 17.5 Å². The van der Waals surface area contributed by atoms with Crippen molar-refractivity contribution in [3.63, 3.8) is 0 Å². The molecule has 0 unspecified atom stereocenters. The standard InChI is InChI=1S/C17H26N6O2S.HI/c1-18-17(20-9-3-11-23-12-4-10-22-23)21-13-15-5-7-16(8-6-15)14-26(24,25)19-2;/h4-8,10,12,19H,3,9,11,13-14H2,1-2H3,(H2,18,20,21);1H. The molecule has 0 aliphatic rings. The van der Waals surface area contributed by atoms with Crippen molar-refractivity contribution in [2.24, 2.45) is 4.99 Å². The molecule has 1 heterocycles. The SMILES string of the molecule is CN=C(NCCCn1cccn1)NCc1ccc(CS(=O)(=O)NC)cc1.I. The van der Waals surface area contributed by atoms with Crippen LogP contribution in [0.5, 0.6) is 0 Å². The minimum absolute atomic E-state index is 0. The highest BCUT2D eigenvalue weighted by Gasteiger charge is 2.08. The first-order valence-electron chi connectivity index (χ1n) is 8.43. The average Bonchev–Trinajstić information content (AvgIpc) is 3.15. The summed E-state index contributed by atoms with van der Waals surface area (Å²) in [6.07, 6.45) is 4.66. The molecule has 0 atom stereocenters. The van der Waals surface area contributed by atoms with Gasteiger partial charge in [0.1, 0.15) is 0 Å². The van der Waals surface area contributed by atoms with Crippen molar-refractivity contribution >= 4 is 40.0 Å². The van der Waals surface area contributed by atoms with Gasteiger partial charge in [0.15, 0.2) is 5.96 Å². The van der Waals surface area contributed by atoms with Crippen molar-refractivity contribution < 1.29 is 8.42 Å². The maximum atomic E-state index is 11.6. The van der Waals surface area contributed by atoms with Crippen LogP contribution in [0.4, 0.5) is 0 Å². The number of aliphatic imine (C=N–C) groups is 1. The van der Waals surface area contributed by atoms with Crippen molar-refractivity contribution in [3.8, 4) is 0 Å². The third-order valence-electron chi connectivity index (χ3n) is 3.79. The molecular weight excluding hydrogens is 479 g/mol. The van der Waals surface area contributed by atoms with Crippen LogP contribution >= 0.6 is 24.0 Å². The van der Waals surface area contributed by atoms with Crippen molar-refractivity contribution in [1.29, 1.82) is 0 Å². The molecule has 2 rings (SSSR count). The number of aryl methyl sites for hydroxylation is 1. The van der Waals surface area contributed by atoms with E-state index in [1.807, 2.05) is 41.2 Å². The summed E-state index contributed by atoms with van der Waals surface area (Å²) in [5.74, 6) is 0.712. The zero-order chi connectivity index (χ0) is 18.8. The van der Waals surface area contributed by atoms with Gasteiger partial charge in [-0.05, 0) is 30.7 Å². The lowest BCUT2D eigenvalue weighted by Crippen LogP contribution is -2.37. The number of hydrogen-bond acceptors (Lipinski definition) is 4. The molecule has 150 valence electrons. The van der Waals surface area contributed by atoms with Gasteiger partial charge in [-0.15, -0.1) is 24.0 Å². The van der Waals surface area contributed by atoms with Gasteiger partial charge in [-0.25, -0.2) is 13.1 Å². The van der Waals surface area contributed by atoms with E-state index >= 15 is 0 Å². The zero-order valence-electron chi connectivity index (χ0n) is 15.6. The van der Waals surface area contributed by atoms with Gasteiger partial charge in [-0.1, -0.05) is 24.3 Å². The fraction of sp³-hybridized carbons (Fsp3) is 0.412. The molecule has 1 aromatic heterocycles. The van der Waals surface area contributed by atoms with Gasteiger partial charge in [0.25, 0.3) is 0 Å². The van der Waals surface area contributed by atoms with E-state index in [1.165, 1.54) is 7.05 Å². The Kier molecular flexibility index (Phi) is 10.3. The lowest BCUT2D eigenvalue weighted by molar-refractivity contribution is 0.570. The Morgan fingerprint density at radius 2 is 1.89 bits per heavy atom. The molecule has 0 saturated carbocycles. The van der Waals surface area contributed by atoms with E-state index in [1.54, 1.807) is 13.2 Å². The normalized spacial score (nSPS) is 11.7. The highest BCUT2D eigenvalue weighted by atomic mass is 127. The molecule has 0 bridgehead atoms. The molecule has 0 radical (unpaired) electrons. The summed E-state index contributed by atoms with van der Waals surface area (Å²) in [7, 11) is -0.0966. The Labute approximate surface area is 177 Å². The Morgan fingerprint density at radius 3 is 2.48 bits per heavy atom. The van der Waals surface area contributed by atoms with E-state index < -0.39 is 10.0 Å². The van der Waals surface area contributed by atoms with E-state index in [0.717, 1.165) is 36.6 Å². The number of nitrogens with zero attached hydrogens (tertiary/aromatic N) is 3. The highest BCUT2D eigenvalue weighted by Crippen LogP contribution is 2.07. The van der Waals surface area contributed by atoms with Crippen LogP contribution < -0.4 is 15.4 Å². The Bertz CT molecular complexity index is 791. The summed E-state index contributed by atoms with van der Waals surface area (Å²) < 4.78 is 27.3.